The molecule has 4 rings (SSSR count). The van der Waals surface area contributed by atoms with E-state index in [1.54, 1.807) is 0 Å². The number of phenols is 1. The highest BCUT2D eigenvalue weighted by Crippen LogP contribution is 2.42. The summed E-state index contributed by atoms with van der Waals surface area (Å²) < 4.78 is 47.4. The summed E-state index contributed by atoms with van der Waals surface area (Å²) in [6, 6.07) is 6.49. The maximum absolute atomic E-state index is 14.0. The molecule has 4 N–H and O–H groups in total. The highest BCUT2D eigenvalue weighted by atomic mass is 35.5. The lowest BCUT2D eigenvalue weighted by atomic mass is 9.89. The van der Waals surface area contributed by atoms with Gasteiger partial charge in [0, 0.05) is 16.1 Å². The van der Waals surface area contributed by atoms with Crippen LogP contribution >= 0.6 is 23.2 Å². The minimum absolute atomic E-state index is 0.0419. The van der Waals surface area contributed by atoms with Gasteiger partial charge in [0.25, 0.3) is 0 Å². The van der Waals surface area contributed by atoms with E-state index in [9.17, 15) is 37.8 Å². The van der Waals surface area contributed by atoms with Crippen molar-refractivity contribution in [1.29, 1.82) is 0 Å². The quantitative estimate of drug-likeness (QED) is 0.316. The molecule has 228 valence electrons. The van der Waals surface area contributed by atoms with Crippen LogP contribution in [0.2, 0.25) is 10.0 Å². The lowest BCUT2D eigenvalue weighted by Crippen LogP contribution is -2.46. The second-order valence-electron chi connectivity index (χ2n) is 9.69. The van der Waals surface area contributed by atoms with Crippen LogP contribution in [0.5, 0.6) is 5.75 Å². The van der Waals surface area contributed by atoms with Crippen LogP contribution in [-0.4, -0.2) is 69.6 Å². The number of benzene rings is 2. The van der Waals surface area contributed by atoms with E-state index >= 15 is 0 Å². The minimum atomic E-state index is -4.96. The molecule has 0 amide bonds. The van der Waals surface area contributed by atoms with Crippen molar-refractivity contribution in [1.82, 2.24) is 4.90 Å². The van der Waals surface area contributed by atoms with Gasteiger partial charge in [0.1, 0.15) is 17.4 Å². The first-order chi connectivity index (χ1) is 19.5. The van der Waals surface area contributed by atoms with Crippen LogP contribution in [0.25, 0.3) is 22.1 Å². The first-order valence-corrected chi connectivity index (χ1v) is 13.1. The zero-order valence-electron chi connectivity index (χ0n) is 21.8. The van der Waals surface area contributed by atoms with Crippen molar-refractivity contribution in [3.8, 4) is 16.9 Å². The molecule has 42 heavy (non-hydrogen) atoms. The van der Waals surface area contributed by atoms with Crippen LogP contribution in [0.3, 0.4) is 0 Å². The fourth-order valence-electron chi connectivity index (χ4n) is 4.46. The Kier molecular flexibility index (Phi) is 10.5. The molecule has 0 radical (unpaired) electrons. The van der Waals surface area contributed by atoms with Gasteiger partial charge in [-0.15, -0.1) is 0 Å². The number of aliphatic carboxylic acids is 2. The molecule has 2 heterocycles. The molecule has 15 heteroatoms. The number of phenolic OH excluding ortho intramolecular Hbond substituents is 1. The standard InChI is InChI=1S/C23H20Cl2F3NO3.C4H6O6/c1-29-8-6-12(7-9-29)10-16-18(30)5-4-15-20(31)19(14-3-2-13(24)11-17(14)25)22(23(26,27)28)32-21(15)16;5-1(3(7)8)2(6)4(9)10/h2-5,11-12,30H,6-10H2,1H3;1-2,5-6H,(H,7,8)(H,9,10)/p-1. The van der Waals surface area contributed by atoms with Gasteiger partial charge >= 0.3 is 12.1 Å². The van der Waals surface area contributed by atoms with E-state index < -0.39 is 47.1 Å². The number of nitrogens with zero attached hydrogens (tertiary/aromatic N) is 1. The number of hydrogen-bond donors (Lipinski definition) is 4. The number of carbonyl (C=O) groups is 2. The van der Waals surface area contributed by atoms with Gasteiger partial charge in [-0.25, -0.2) is 4.79 Å². The van der Waals surface area contributed by atoms with Gasteiger partial charge in [0.05, 0.1) is 21.9 Å². The maximum Gasteiger partial charge on any atom is 0.450 e. The first-order valence-electron chi connectivity index (χ1n) is 12.4. The maximum atomic E-state index is 14.0. The molecule has 1 aromatic heterocycles. The van der Waals surface area contributed by atoms with E-state index in [4.69, 9.17) is 42.9 Å². The Bertz CT molecular complexity index is 1520. The number of hydrogen-bond acceptors (Lipinski definition) is 9. The van der Waals surface area contributed by atoms with Crippen molar-refractivity contribution in [2.75, 3.05) is 20.1 Å². The second-order valence-corrected chi connectivity index (χ2v) is 10.5. The fourth-order valence-corrected chi connectivity index (χ4v) is 4.96. The highest BCUT2D eigenvalue weighted by molar-refractivity contribution is 6.36. The molecular formula is C27H25Cl2F3NO9-. The number of aliphatic hydroxyl groups is 2. The first kappa shape index (κ1) is 33.1. The van der Waals surface area contributed by atoms with Crippen molar-refractivity contribution in [3.63, 3.8) is 0 Å². The third-order valence-electron chi connectivity index (χ3n) is 6.72. The smallest absolute Gasteiger partial charge is 0.450 e. The number of likely N-dealkylation sites (tertiary alicyclic amines) is 1. The Morgan fingerprint density at radius 3 is 2.24 bits per heavy atom. The Morgan fingerprint density at radius 2 is 1.74 bits per heavy atom. The molecule has 2 aromatic carbocycles. The molecule has 1 fully saturated rings. The molecule has 10 nitrogen and oxygen atoms in total. The molecule has 1 aliphatic rings. The number of carboxylic acids is 2. The molecule has 0 spiro atoms. The van der Waals surface area contributed by atoms with Gasteiger partial charge in [-0.05, 0) is 69.6 Å². The normalized spacial score (nSPS) is 16.0. The lowest BCUT2D eigenvalue weighted by molar-refractivity contribution is -0.318. The largest absolute Gasteiger partial charge is 0.547 e. The summed E-state index contributed by atoms with van der Waals surface area (Å²) in [7, 11) is 2.00. The van der Waals surface area contributed by atoms with Gasteiger partial charge in [-0.3, -0.25) is 4.79 Å². The van der Waals surface area contributed by atoms with Crippen LogP contribution in [0.15, 0.2) is 39.5 Å². The summed E-state index contributed by atoms with van der Waals surface area (Å²) in [5, 5.41) is 44.7. The van der Waals surface area contributed by atoms with E-state index in [2.05, 4.69) is 4.90 Å². The monoisotopic (exact) mass is 634 g/mol. The molecule has 0 bridgehead atoms. The SMILES string of the molecule is CN1CCC(Cc2c(O)ccc3c(=O)c(-c4ccc(Cl)cc4Cl)c(C(F)(F)F)oc23)CC1.O=C([O-])C(O)C(O)C(=O)O. The Hall–Kier alpha value is -3.36. The van der Waals surface area contributed by atoms with Crippen LogP contribution in [0, 0.1) is 5.92 Å². The van der Waals surface area contributed by atoms with Crippen LogP contribution in [0.4, 0.5) is 13.2 Å². The minimum Gasteiger partial charge on any atom is -0.547 e. The van der Waals surface area contributed by atoms with Crippen LogP contribution < -0.4 is 10.5 Å². The van der Waals surface area contributed by atoms with Gasteiger partial charge in [0.2, 0.25) is 11.2 Å². The van der Waals surface area contributed by atoms with E-state index in [0.717, 1.165) is 25.9 Å². The number of carbonyl (C=O) groups excluding carboxylic acids is 1. The van der Waals surface area contributed by atoms with Gasteiger partial charge in [-0.2, -0.15) is 13.2 Å². The zero-order valence-corrected chi connectivity index (χ0v) is 23.3. The Labute approximate surface area is 246 Å². The van der Waals surface area contributed by atoms with Gasteiger partial charge in [0.15, 0.2) is 6.10 Å². The third-order valence-corrected chi connectivity index (χ3v) is 7.27. The molecule has 3 aromatic rings. The van der Waals surface area contributed by atoms with Crippen molar-refractivity contribution < 1.29 is 52.7 Å². The number of fused-ring (bicyclic) bond motifs is 1. The average Bonchev–Trinajstić information content (AvgIpc) is 2.90. The van der Waals surface area contributed by atoms with Crippen LogP contribution in [0.1, 0.15) is 24.2 Å². The third kappa shape index (κ3) is 7.53. The molecule has 2 unspecified atom stereocenters. The molecule has 1 saturated heterocycles. The fraction of sp³-hybridized carbons (Fsp3) is 0.370. The Morgan fingerprint density at radius 1 is 1.12 bits per heavy atom. The predicted octanol–water partition coefficient (Wildman–Crippen LogP) is 2.92. The van der Waals surface area contributed by atoms with Crippen LogP contribution in [-0.2, 0) is 22.2 Å². The van der Waals surface area contributed by atoms with Crippen molar-refractivity contribution in [2.45, 2.75) is 37.6 Å². The van der Waals surface area contributed by atoms with Crippen molar-refractivity contribution >= 4 is 46.1 Å². The zero-order chi connectivity index (χ0) is 31.5. The number of aliphatic hydroxyl groups excluding tert-OH is 2. The molecule has 0 saturated carbocycles. The molecular weight excluding hydrogens is 610 g/mol. The molecule has 2 atom stereocenters. The van der Waals surface area contributed by atoms with E-state index in [-0.39, 0.29) is 43.8 Å². The summed E-state index contributed by atoms with van der Waals surface area (Å²) in [6.07, 6.45) is -7.68. The highest BCUT2D eigenvalue weighted by Gasteiger charge is 2.40. The number of halogens is 5. The molecule has 1 aliphatic heterocycles. The predicted molar refractivity (Wildman–Crippen MR) is 143 cm³/mol. The van der Waals surface area contributed by atoms with Gasteiger partial charge < -0.3 is 39.6 Å². The van der Waals surface area contributed by atoms with Crippen molar-refractivity contribution in [2.24, 2.45) is 5.92 Å². The molecule has 0 aliphatic carbocycles. The summed E-state index contributed by atoms with van der Waals surface area (Å²) in [5.74, 6) is -5.31. The van der Waals surface area contributed by atoms with E-state index in [1.165, 1.54) is 30.3 Å². The number of alkyl halides is 3. The number of carboxylic acid groups (broad SMARTS) is 2. The average molecular weight is 635 g/mol. The second kappa shape index (κ2) is 13.3. The topological polar surface area (TPSA) is 172 Å². The number of rotatable bonds is 6. The van der Waals surface area contributed by atoms with Gasteiger partial charge in [-0.1, -0.05) is 29.3 Å². The van der Waals surface area contributed by atoms with E-state index in [1.807, 2.05) is 7.05 Å². The van der Waals surface area contributed by atoms with E-state index in [0.29, 0.717) is 6.42 Å². The summed E-state index contributed by atoms with van der Waals surface area (Å²) >= 11 is 12.0. The number of aromatic hydroxyl groups is 1. The number of piperidine rings is 1. The van der Waals surface area contributed by atoms with Crippen molar-refractivity contribution in [3.05, 3.63) is 61.9 Å². The Balaban J connectivity index is 0.000000416. The lowest BCUT2D eigenvalue weighted by Gasteiger charge is -2.29. The summed E-state index contributed by atoms with van der Waals surface area (Å²) in [5.41, 5.74) is -1.69. The summed E-state index contributed by atoms with van der Waals surface area (Å²) in [4.78, 5) is 34.9. The summed E-state index contributed by atoms with van der Waals surface area (Å²) in [6.45, 7) is 1.71.